The van der Waals surface area contributed by atoms with E-state index in [4.69, 9.17) is 69.2 Å². The summed E-state index contributed by atoms with van der Waals surface area (Å²) in [5, 5.41) is 67.5. The van der Waals surface area contributed by atoms with E-state index in [1.165, 1.54) is 37.7 Å². The van der Waals surface area contributed by atoms with E-state index >= 15 is 0 Å². The Morgan fingerprint density at radius 2 is 0.596 bits per heavy atom. The number of pyridine rings is 10. The Kier molecular flexibility index (Phi) is 27.4. The molecule has 146 heavy (non-hydrogen) atoms. The number of anilines is 10. The molecule has 0 saturated heterocycles. The van der Waals surface area contributed by atoms with Gasteiger partial charge in [-0.25, -0.2) is 54.2 Å². The number of aromatic nitrogens is 25. The molecule has 10 N–H and O–H groups in total. The highest BCUT2D eigenvalue weighted by Gasteiger charge is 2.23. The smallest absolute Gasteiger partial charge is 0.157 e. The Morgan fingerprint density at radius 3 is 0.932 bits per heavy atom. The van der Waals surface area contributed by atoms with Crippen molar-refractivity contribution >= 4 is 201 Å². The summed E-state index contributed by atoms with van der Waals surface area (Å²) in [6, 6.07) is 74.7. The molecule has 0 aliphatic heterocycles. The molecule has 0 spiro atoms. The van der Waals surface area contributed by atoms with E-state index < -0.39 is 0 Å². The Morgan fingerprint density at radius 1 is 0.281 bits per heavy atom. The summed E-state index contributed by atoms with van der Waals surface area (Å²) in [6.07, 6.45) is 25.4. The lowest BCUT2D eigenvalue weighted by Gasteiger charge is -2.15. The number of ether oxygens (including phenoxy) is 2. The Balaban J connectivity index is 0.000000108. The van der Waals surface area contributed by atoms with Gasteiger partial charge in [0.1, 0.15) is 91.3 Å². The molecule has 38 heteroatoms. The van der Waals surface area contributed by atoms with Gasteiger partial charge in [0.2, 0.25) is 0 Å². The quantitative estimate of drug-likeness (QED) is 0.0266. The van der Waals surface area contributed by atoms with Crippen LogP contribution >= 0.6 is 34.8 Å². The summed E-state index contributed by atoms with van der Waals surface area (Å²) in [5.41, 5.74) is 12.0. The number of nitrogens with zero attached hydrogens (tertiary/aromatic N) is 22. The molecule has 10 aromatic carbocycles. The standard InChI is InChI=1S/C24H22ClN7O.C24H23N7O.2C20H13ClN6.C20H13FN6/c1-32(2)10-11-33-15-6-7-21(20(25)12-15)29-24-17-8-9-26-13-19(17)16-4-3-5-18(22(16)30-24)23-27-14-28-31-23;1-31(2)12-13-32-17-8-6-16(7-9-17)28-24-19-10-11-25-14-21(19)18-4-3-5-20(22(18)29-24)23-26-15-27-30-23;21-12-3-1-4-13(9-12)25-20-15-7-8-22-10-17(15)14-5-2-6-16(18(14)26-20)19-23-11-24-27-19;2*21-16-6-1-2-7-17(16)25-20-13-8-9-22-10-15(13)12-4-3-5-14(18(12)26-20)19-23-11-24-27-19/h3-9,12-14H,10-11H2,1-2H3,(H,29,30)(H,27,28,31);3-11,14-15H,12-13H2,1-2H3,(H,28,29)(H,26,27,30);3*1-11H,(H,25,26)(H,23,24,27). The van der Waals surface area contributed by atoms with E-state index in [1.807, 2.05) is 259 Å². The van der Waals surface area contributed by atoms with Crippen LogP contribution in [0.5, 0.6) is 11.5 Å². The Labute approximate surface area is 845 Å². The van der Waals surface area contributed by atoms with E-state index in [9.17, 15) is 4.39 Å². The lowest BCUT2D eigenvalue weighted by Crippen LogP contribution is -2.19. The van der Waals surface area contributed by atoms with Gasteiger partial charge in [0.25, 0.3) is 0 Å². The number of rotatable bonds is 23. The molecule has 0 aliphatic rings. The van der Waals surface area contributed by atoms with Crippen molar-refractivity contribution in [2.24, 2.45) is 0 Å². The van der Waals surface area contributed by atoms with Crippen LogP contribution in [0, 0.1) is 5.82 Å². The van der Waals surface area contributed by atoms with Crippen LogP contribution in [-0.4, -0.2) is 190 Å². The van der Waals surface area contributed by atoms with Crippen molar-refractivity contribution < 1.29 is 13.9 Å². The van der Waals surface area contributed by atoms with Crippen LogP contribution in [0.25, 0.3) is 165 Å². The van der Waals surface area contributed by atoms with Crippen LogP contribution in [-0.2, 0) is 0 Å². The van der Waals surface area contributed by atoms with Crippen molar-refractivity contribution in [3.05, 3.63) is 351 Å². The molecule has 0 bridgehead atoms. The molecule has 0 aliphatic carbocycles. The fourth-order valence-corrected chi connectivity index (χ4v) is 17.4. The minimum absolute atomic E-state index is 0.342. The third kappa shape index (κ3) is 20.4. The molecule has 15 aromatic heterocycles. The fourth-order valence-electron chi connectivity index (χ4n) is 16.8. The van der Waals surface area contributed by atoms with E-state index in [-0.39, 0.29) is 5.82 Å². The van der Waals surface area contributed by atoms with Gasteiger partial charge in [0.05, 0.1) is 54.7 Å². The SMILES string of the molecule is CN(C)CCOc1ccc(Nc2nc3c(-c4ncn[nH]4)cccc3c3cnccc23)c(Cl)c1.CN(C)CCOc1ccc(Nc2nc3c(-c4ncn[nH]4)cccc3c3cnccc23)cc1.Clc1cccc(Nc2nc3c(-c4ncn[nH]4)cccc3c3cnccc23)c1.Clc1ccccc1Nc1nc2c(-c3ncn[nH]3)cccc2c2cnccc12.Fc1ccccc1Nc1nc2c(-c3ncn[nH]3)cccc2c2cnccc12. The molecule has 0 unspecified atom stereocenters. The van der Waals surface area contributed by atoms with Crippen LogP contribution in [0.15, 0.2) is 330 Å². The number of halogens is 4. The molecule has 25 aromatic rings. The van der Waals surface area contributed by atoms with Crippen molar-refractivity contribution in [1.82, 2.24) is 136 Å². The highest BCUT2D eigenvalue weighted by Crippen LogP contribution is 2.43. The van der Waals surface area contributed by atoms with Gasteiger partial charge >= 0.3 is 0 Å². The maximum atomic E-state index is 14.2. The molecule has 0 fully saturated rings. The van der Waals surface area contributed by atoms with Crippen molar-refractivity contribution in [3.8, 4) is 68.4 Å². The second-order valence-corrected chi connectivity index (χ2v) is 34.9. The predicted octanol–water partition coefficient (Wildman–Crippen LogP) is 23.5. The van der Waals surface area contributed by atoms with Crippen molar-refractivity contribution in [1.29, 1.82) is 0 Å². The summed E-state index contributed by atoms with van der Waals surface area (Å²) in [4.78, 5) is 71.7. The van der Waals surface area contributed by atoms with Crippen molar-refractivity contribution in [2.45, 2.75) is 0 Å². The minimum Gasteiger partial charge on any atom is -0.492 e. The van der Waals surface area contributed by atoms with Crippen LogP contribution < -0.4 is 36.1 Å². The summed E-state index contributed by atoms with van der Waals surface area (Å²) in [7, 11) is 8.07. The Hall–Kier alpha value is -18.7. The lowest BCUT2D eigenvalue weighted by molar-refractivity contribution is 0.261. The molecule has 0 saturated carbocycles. The number of nitrogens with one attached hydrogen (secondary N) is 10. The fraction of sp³-hybridized carbons (Fsp3) is 0.0741. The lowest BCUT2D eigenvalue weighted by atomic mass is 10.0. The molecular weight excluding hydrogens is 1900 g/mol. The molecule has 0 radical (unpaired) electrons. The van der Waals surface area contributed by atoms with E-state index in [0.29, 0.717) is 80.5 Å². The largest absolute Gasteiger partial charge is 0.492 e. The maximum absolute atomic E-state index is 14.2. The monoisotopic (exact) mass is 1980 g/mol. The number of benzene rings is 10. The number of hydrogen-bond acceptors (Lipinski definition) is 29. The van der Waals surface area contributed by atoms with Crippen LogP contribution in [0.1, 0.15) is 0 Å². The van der Waals surface area contributed by atoms with Gasteiger partial charge in [-0.05, 0) is 168 Å². The van der Waals surface area contributed by atoms with Gasteiger partial charge in [-0.2, -0.15) is 25.5 Å². The molecule has 716 valence electrons. The molecule has 0 amide bonds. The van der Waals surface area contributed by atoms with Gasteiger partial charge in [0, 0.05) is 206 Å². The van der Waals surface area contributed by atoms with Crippen molar-refractivity contribution in [2.75, 3.05) is 81.1 Å². The first-order chi connectivity index (χ1) is 71.7. The Bertz CT molecular complexity index is 8770. The number of H-pyrrole nitrogens is 5. The van der Waals surface area contributed by atoms with Crippen LogP contribution in [0.2, 0.25) is 15.1 Å². The number of para-hydroxylation sites is 7. The second-order valence-electron chi connectivity index (χ2n) is 33.7. The summed E-state index contributed by atoms with van der Waals surface area (Å²) < 4.78 is 25.8. The average molecular weight is 1990 g/mol. The first-order valence-corrected chi connectivity index (χ1v) is 47.0. The highest BCUT2D eigenvalue weighted by molar-refractivity contribution is 6.34. The molecule has 0 atom stereocenters. The number of likely N-dealkylation sites (N-methyl/N-ethyl adjacent to an activating group) is 2. The molecule has 25 rings (SSSR count). The van der Waals surface area contributed by atoms with E-state index in [2.05, 4.69) is 143 Å². The molecular formula is C108H84Cl3FN32O2. The summed E-state index contributed by atoms with van der Waals surface area (Å²) in [6.45, 7) is 2.93. The van der Waals surface area contributed by atoms with Gasteiger partial charge < -0.3 is 45.9 Å². The van der Waals surface area contributed by atoms with Gasteiger partial charge in [-0.15, -0.1) is 0 Å². The van der Waals surface area contributed by atoms with E-state index in [0.717, 1.165) is 195 Å². The van der Waals surface area contributed by atoms with E-state index in [1.54, 1.807) is 55.4 Å². The third-order valence-electron chi connectivity index (χ3n) is 23.7. The zero-order valence-electron chi connectivity index (χ0n) is 78.2. The second kappa shape index (κ2) is 42.8. The summed E-state index contributed by atoms with van der Waals surface area (Å²) >= 11 is 19.0. The minimum atomic E-state index is -0.342. The van der Waals surface area contributed by atoms with Gasteiger partial charge in [-0.3, -0.25) is 50.4 Å². The summed E-state index contributed by atoms with van der Waals surface area (Å²) in [5.74, 6) is 7.93. The number of hydrogen-bond donors (Lipinski definition) is 10. The number of fused-ring (bicyclic) bond motifs is 15. The first-order valence-electron chi connectivity index (χ1n) is 45.9. The maximum Gasteiger partial charge on any atom is 0.157 e. The highest BCUT2D eigenvalue weighted by atomic mass is 35.5. The third-order valence-corrected chi connectivity index (χ3v) is 24.6. The number of aromatic amines is 5. The van der Waals surface area contributed by atoms with Gasteiger partial charge in [-0.1, -0.05) is 126 Å². The topological polar surface area (TPSA) is 422 Å². The zero-order chi connectivity index (χ0) is 99.4. The molecule has 15 heterocycles. The normalized spacial score (nSPS) is 11.2. The van der Waals surface area contributed by atoms with Gasteiger partial charge in [0.15, 0.2) is 29.1 Å². The van der Waals surface area contributed by atoms with Crippen LogP contribution in [0.4, 0.5) is 61.9 Å². The zero-order valence-corrected chi connectivity index (χ0v) is 80.4. The first kappa shape index (κ1) is 93.6. The average Bonchev–Trinajstić information content (AvgIpc) is 1.42. The predicted molar refractivity (Wildman–Crippen MR) is 574 cm³/mol. The van der Waals surface area contributed by atoms with Crippen LogP contribution in [0.3, 0.4) is 0 Å². The van der Waals surface area contributed by atoms with Crippen molar-refractivity contribution in [3.63, 3.8) is 0 Å². The molecule has 34 nitrogen and oxygen atoms in total.